The summed E-state index contributed by atoms with van der Waals surface area (Å²) in [6.45, 7) is 2.15. The van der Waals surface area contributed by atoms with Gasteiger partial charge in [0.1, 0.15) is 23.3 Å². The number of benzene rings is 2. The number of aliphatic carboxylic acids is 2. The Morgan fingerprint density at radius 3 is 2.27 bits per heavy atom. The Hall–Kier alpha value is -5.27. The molecule has 2 heterocycles. The summed E-state index contributed by atoms with van der Waals surface area (Å²) in [5.41, 5.74) is 0.387. The highest BCUT2D eigenvalue weighted by atomic mass is 19.1. The van der Waals surface area contributed by atoms with Gasteiger partial charge in [0.15, 0.2) is 0 Å². The number of hydrogen-bond acceptors (Lipinski definition) is 8. The fourth-order valence-electron chi connectivity index (χ4n) is 4.77. The average Bonchev–Trinajstić information content (AvgIpc) is 3.01. The first-order valence-corrected chi connectivity index (χ1v) is 13.7. The molecule has 4 rings (SSSR count). The molecule has 1 fully saturated rings. The van der Waals surface area contributed by atoms with Crippen molar-refractivity contribution < 1.29 is 48.0 Å². The van der Waals surface area contributed by atoms with Gasteiger partial charge in [-0.2, -0.15) is 0 Å². The molecule has 232 valence electrons. The van der Waals surface area contributed by atoms with Crippen molar-refractivity contribution in [3.63, 3.8) is 0 Å². The zero-order valence-corrected chi connectivity index (χ0v) is 24.0. The van der Waals surface area contributed by atoms with E-state index in [4.69, 9.17) is 9.47 Å². The maximum Gasteiger partial charge on any atom is 0.409 e. The molecule has 0 saturated carbocycles. The lowest BCUT2D eigenvalue weighted by atomic mass is 10.1. The molecule has 0 spiro atoms. The van der Waals surface area contributed by atoms with Gasteiger partial charge in [-0.1, -0.05) is 30.3 Å². The SMILES string of the molecule is COC(=O)N1CCN(C(=O)[C@H](CCC(=O)O)NC(=O)c2cc(OC(C(=O)O)c3ccccc3)c3cc(F)c(C)cc3n2)CC1. The lowest BCUT2D eigenvalue weighted by Crippen LogP contribution is -2.56. The summed E-state index contributed by atoms with van der Waals surface area (Å²) >= 11 is 0. The summed E-state index contributed by atoms with van der Waals surface area (Å²) in [5.74, 6) is -4.64. The second kappa shape index (κ2) is 13.8. The molecule has 13 nitrogen and oxygen atoms in total. The number of nitrogens with one attached hydrogen (secondary N) is 1. The lowest BCUT2D eigenvalue weighted by Gasteiger charge is -2.35. The Bertz CT molecular complexity index is 1580. The van der Waals surface area contributed by atoms with E-state index in [0.717, 1.165) is 12.1 Å². The van der Waals surface area contributed by atoms with Crippen LogP contribution >= 0.6 is 0 Å². The van der Waals surface area contributed by atoms with Crippen molar-refractivity contribution in [1.82, 2.24) is 20.1 Å². The van der Waals surface area contributed by atoms with Crippen LogP contribution in [0.5, 0.6) is 5.75 Å². The number of nitrogens with zero attached hydrogens (tertiary/aromatic N) is 3. The van der Waals surface area contributed by atoms with Gasteiger partial charge < -0.3 is 34.8 Å². The minimum absolute atomic E-state index is 0.119. The Balaban J connectivity index is 1.65. The maximum absolute atomic E-state index is 14.6. The Labute approximate surface area is 251 Å². The third kappa shape index (κ3) is 7.38. The maximum atomic E-state index is 14.6. The summed E-state index contributed by atoms with van der Waals surface area (Å²) in [4.78, 5) is 69.3. The molecule has 0 radical (unpaired) electrons. The van der Waals surface area contributed by atoms with E-state index >= 15 is 0 Å². The molecule has 1 aliphatic rings. The molecule has 2 atom stereocenters. The second-order valence-corrected chi connectivity index (χ2v) is 10.1. The number of piperazine rings is 1. The number of halogens is 1. The predicted molar refractivity (Wildman–Crippen MR) is 153 cm³/mol. The standard InChI is InChI=1S/C30H31FN4O9/c1-17-14-22-19(15-20(17)31)24(44-26(29(40)41)18-6-4-3-5-7-18)16-23(32-22)27(38)33-21(8-9-25(36)37)28(39)34-10-12-35(13-11-34)30(42)43-2/h3-7,14-16,21,26H,8-13H2,1-2H3,(H,33,38)(H,36,37)(H,40,41)/t21-,26?/m0/s1. The van der Waals surface area contributed by atoms with Crippen molar-refractivity contribution >= 4 is 40.7 Å². The van der Waals surface area contributed by atoms with Crippen LogP contribution in [0, 0.1) is 12.7 Å². The van der Waals surface area contributed by atoms with Crippen molar-refractivity contribution in [3.8, 4) is 5.75 Å². The van der Waals surface area contributed by atoms with Crippen LogP contribution in [-0.4, -0.2) is 94.2 Å². The monoisotopic (exact) mass is 610 g/mol. The van der Waals surface area contributed by atoms with Gasteiger partial charge in [0, 0.05) is 49.6 Å². The quantitative estimate of drug-likeness (QED) is 0.309. The molecule has 44 heavy (non-hydrogen) atoms. The highest BCUT2D eigenvalue weighted by molar-refractivity contribution is 5.99. The zero-order valence-electron chi connectivity index (χ0n) is 24.0. The van der Waals surface area contributed by atoms with Gasteiger partial charge in [-0.3, -0.25) is 14.4 Å². The molecule has 3 amide bonds. The fourth-order valence-corrected chi connectivity index (χ4v) is 4.77. The van der Waals surface area contributed by atoms with E-state index in [1.165, 1.54) is 29.9 Å². The van der Waals surface area contributed by atoms with Gasteiger partial charge in [-0.15, -0.1) is 0 Å². The van der Waals surface area contributed by atoms with Crippen molar-refractivity contribution in [2.45, 2.75) is 31.9 Å². The van der Waals surface area contributed by atoms with Crippen molar-refractivity contribution in [2.24, 2.45) is 0 Å². The highest BCUT2D eigenvalue weighted by Crippen LogP contribution is 2.32. The summed E-state index contributed by atoms with van der Waals surface area (Å²) in [6, 6.07) is 10.5. The number of aromatic nitrogens is 1. The van der Waals surface area contributed by atoms with E-state index in [9.17, 15) is 38.6 Å². The molecule has 14 heteroatoms. The smallest absolute Gasteiger partial charge is 0.409 e. The highest BCUT2D eigenvalue weighted by Gasteiger charge is 2.32. The van der Waals surface area contributed by atoms with Crippen molar-refractivity contribution in [1.29, 1.82) is 0 Å². The largest absolute Gasteiger partial charge is 0.481 e. The molecular formula is C30H31FN4O9. The number of methoxy groups -OCH3 is 1. The van der Waals surface area contributed by atoms with Crippen LogP contribution in [-0.2, 0) is 19.1 Å². The van der Waals surface area contributed by atoms with Gasteiger partial charge in [0.2, 0.25) is 12.0 Å². The van der Waals surface area contributed by atoms with Crippen LogP contribution < -0.4 is 10.1 Å². The van der Waals surface area contributed by atoms with E-state index in [0.29, 0.717) is 5.56 Å². The van der Waals surface area contributed by atoms with Crippen LogP contribution in [0.2, 0.25) is 0 Å². The average molecular weight is 611 g/mol. The number of pyridine rings is 1. The zero-order chi connectivity index (χ0) is 32.0. The third-order valence-electron chi connectivity index (χ3n) is 7.13. The molecule has 1 unspecified atom stereocenters. The number of carboxylic acids is 2. The van der Waals surface area contributed by atoms with Gasteiger partial charge >= 0.3 is 18.0 Å². The first-order chi connectivity index (χ1) is 21.0. The molecule has 0 bridgehead atoms. The normalized spacial score (nSPS) is 14.4. The van der Waals surface area contributed by atoms with E-state index in [-0.39, 0.29) is 60.5 Å². The van der Waals surface area contributed by atoms with Gasteiger partial charge in [-0.05, 0) is 31.0 Å². The van der Waals surface area contributed by atoms with Gasteiger partial charge in [-0.25, -0.2) is 19.0 Å². The number of carbonyl (C=O) groups excluding carboxylic acids is 3. The first kappa shape index (κ1) is 31.7. The van der Waals surface area contributed by atoms with Gasteiger partial charge in [0.25, 0.3) is 5.91 Å². The van der Waals surface area contributed by atoms with Crippen LogP contribution in [0.25, 0.3) is 10.9 Å². The second-order valence-electron chi connectivity index (χ2n) is 10.1. The Morgan fingerprint density at radius 1 is 1.00 bits per heavy atom. The topological polar surface area (TPSA) is 176 Å². The molecule has 0 aliphatic carbocycles. The minimum atomic E-state index is -1.50. The molecule has 3 aromatic rings. The molecule has 1 aromatic heterocycles. The number of amides is 3. The summed E-state index contributed by atoms with van der Waals surface area (Å²) in [6.07, 6.45) is -2.70. The van der Waals surface area contributed by atoms with E-state index in [1.54, 1.807) is 30.3 Å². The summed E-state index contributed by atoms with van der Waals surface area (Å²) < 4.78 is 25.1. The third-order valence-corrected chi connectivity index (χ3v) is 7.13. The predicted octanol–water partition coefficient (Wildman–Crippen LogP) is 2.76. The number of carboxylic acid groups (broad SMARTS) is 2. The molecule has 2 aromatic carbocycles. The van der Waals surface area contributed by atoms with E-state index < -0.39 is 54.2 Å². The minimum Gasteiger partial charge on any atom is -0.481 e. The number of fused-ring (bicyclic) bond motifs is 1. The molecule has 3 N–H and O–H groups in total. The van der Waals surface area contributed by atoms with E-state index in [2.05, 4.69) is 10.3 Å². The van der Waals surface area contributed by atoms with Crippen LogP contribution in [0.4, 0.5) is 9.18 Å². The van der Waals surface area contributed by atoms with Gasteiger partial charge in [0.05, 0.1) is 12.6 Å². The molecule has 1 saturated heterocycles. The number of rotatable bonds is 10. The number of hydrogen-bond donors (Lipinski definition) is 3. The van der Waals surface area contributed by atoms with Crippen molar-refractivity contribution in [3.05, 3.63) is 71.2 Å². The Kier molecular flexibility index (Phi) is 9.93. The first-order valence-electron chi connectivity index (χ1n) is 13.7. The van der Waals surface area contributed by atoms with Crippen molar-refractivity contribution in [2.75, 3.05) is 33.3 Å². The number of aryl methyl sites for hydroxylation is 1. The summed E-state index contributed by atoms with van der Waals surface area (Å²) in [7, 11) is 1.25. The van der Waals surface area contributed by atoms with Crippen LogP contribution in [0.15, 0.2) is 48.5 Å². The number of carbonyl (C=O) groups is 5. The Morgan fingerprint density at radius 2 is 1.66 bits per heavy atom. The number of ether oxygens (including phenoxy) is 2. The summed E-state index contributed by atoms with van der Waals surface area (Å²) in [5, 5.41) is 21.8. The van der Waals surface area contributed by atoms with E-state index in [1.807, 2.05) is 0 Å². The fraction of sp³-hybridized carbons (Fsp3) is 0.333. The molecule has 1 aliphatic heterocycles. The van der Waals surface area contributed by atoms with Crippen LogP contribution in [0.3, 0.4) is 0 Å². The molecular weight excluding hydrogens is 579 g/mol. The van der Waals surface area contributed by atoms with Crippen LogP contribution in [0.1, 0.15) is 40.6 Å². The lowest BCUT2D eigenvalue weighted by molar-refractivity contribution is -0.145.